The van der Waals surface area contributed by atoms with E-state index < -0.39 is 11.7 Å². The third kappa shape index (κ3) is 2.82. The molecule has 2 aliphatic carbocycles. The Morgan fingerprint density at radius 2 is 1.97 bits per heavy atom. The topological polar surface area (TPSA) is 83.3 Å². The average molecular weight is 432 g/mol. The number of fused-ring (bicyclic) bond motifs is 2. The predicted molar refractivity (Wildman–Crippen MR) is 125 cm³/mol. The predicted octanol–water partition coefficient (Wildman–Crippen LogP) is 4.74. The summed E-state index contributed by atoms with van der Waals surface area (Å²) in [4.78, 5) is 7.93. The number of benzene rings is 1. The fourth-order valence-electron chi connectivity index (χ4n) is 5.47. The molecule has 1 atom stereocenters. The number of hydrogen-bond donors (Lipinski definition) is 3. The minimum atomic E-state index is -0.448. The second kappa shape index (κ2) is 7.09. The van der Waals surface area contributed by atoms with Gasteiger partial charge < -0.3 is 24.5 Å². The lowest BCUT2D eigenvalue weighted by molar-refractivity contribution is -0.0514. The third-order valence-electron chi connectivity index (χ3n) is 7.82. The lowest BCUT2D eigenvalue weighted by Gasteiger charge is -2.46. The van der Waals surface area contributed by atoms with Gasteiger partial charge in [-0.2, -0.15) is 0 Å². The molecule has 0 saturated heterocycles. The first-order chi connectivity index (χ1) is 15.5. The molecule has 6 heteroatoms. The molecule has 0 radical (unpaired) electrons. The largest absolute Gasteiger partial charge is 0.485 e. The third-order valence-corrected chi connectivity index (χ3v) is 7.82. The number of aliphatic hydroxyl groups is 2. The summed E-state index contributed by atoms with van der Waals surface area (Å²) in [6.45, 7) is 1.94. The van der Waals surface area contributed by atoms with Crippen LogP contribution < -0.4 is 4.74 Å². The monoisotopic (exact) mass is 431 g/mol. The molecule has 0 bridgehead atoms. The van der Waals surface area contributed by atoms with Crippen LogP contribution in [0.1, 0.15) is 45.4 Å². The van der Waals surface area contributed by atoms with Gasteiger partial charge in [0.15, 0.2) is 0 Å². The van der Waals surface area contributed by atoms with E-state index in [0.29, 0.717) is 0 Å². The van der Waals surface area contributed by atoms with Crippen LogP contribution in [0.25, 0.3) is 33.2 Å². The molecule has 32 heavy (non-hydrogen) atoms. The van der Waals surface area contributed by atoms with Crippen LogP contribution in [0, 0.1) is 0 Å². The summed E-state index contributed by atoms with van der Waals surface area (Å²) in [6, 6.07) is 12.3. The number of aromatic amines is 1. The van der Waals surface area contributed by atoms with Crippen LogP contribution in [-0.4, -0.2) is 43.1 Å². The lowest BCUT2D eigenvalue weighted by atomic mass is 9.72. The van der Waals surface area contributed by atoms with Crippen molar-refractivity contribution < 1.29 is 14.9 Å². The zero-order valence-electron chi connectivity index (χ0n) is 18.3. The van der Waals surface area contributed by atoms with Gasteiger partial charge in [0.05, 0.1) is 18.2 Å². The van der Waals surface area contributed by atoms with Crippen molar-refractivity contribution in [2.45, 2.75) is 62.7 Å². The Morgan fingerprint density at radius 3 is 2.59 bits per heavy atom. The molecule has 6 rings (SSSR count). The van der Waals surface area contributed by atoms with Crippen molar-refractivity contribution in [1.29, 1.82) is 0 Å². The Morgan fingerprint density at radius 1 is 1.16 bits per heavy atom. The van der Waals surface area contributed by atoms with Gasteiger partial charge in [-0.1, -0.05) is 0 Å². The van der Waals surface area contributed by atoms with Gasteiger partial charge in [0, 0.05) is 39.9 Å². The average Bonchev–Trinajstić information content (AvgIpc) is 3.31. The van der Waals surface area contributed by atoms with Crippen LogP contribution in [-0.2, 0) is 5.54 Å². The second-order valence-corrected chi connectivity index (χ2v) is 9.65. The minimum Gasteiger partial charge on any atom is -0.485 e. The number of pyridine rings is 1. The molecule has 0 amide bonds. The van der Waals surface area contributed by atoms with Gasteiger partial charge in [0.25, 0.3) is 0 Å². The van der Waals surface area contributed by atoms with Gasteiger partial charge in [0.1, 0.15) is 17.0 Å². The van der Waals surface area contributed by atoms with Gasteiger partial charge in [-0.25, -0.2) is 4.98 Å². The number of ether oxygens (including phenoxy) is 1. The summed E-state index contributed by atoms with van der Waals surface area (Å²) < 4.78 is 8.57. The summed E-state index contributed by atoms with van der Waals surface area (Å²) in [5.41, 5.74) is 3.30. The molecule has 2 fully saturated rings. The maximum Gasteiger partial charge on any atom is 0.137 e. The maximum absolute atomic E-state index is 10.7. The highest BCUT2D eigenvalue weighted by molar-refractivity contribution is 5.98. The molecule has 1 aromatic carbocycles. The van der Waals surface area contributed by atoms with E-state index in [0.717, 1.165) is 77.5 Å². The highest BCUT2D eigenvalue weighted by atomic mass is 16.5. The number of H-pyrrole nitrogens is 1. The Balaban J connectivity index is 1.53. The zero-order chi connectivity index (χ0) is 21.9. The number of nitrogens with one attached hydrogen (secondary N) is 1. The molecule has 0 aliphatic heterocycles. The lowest BCUT2D eigenvalue weighted by Crippen LogP contribution is -2.48. The summed E-state index contributed by atoms with van der Waals surface area (Å²) in [5, 5.41) is 22.7. The summed E-state index contributed by atoms with van der Waals surface area (Å²) in [6.07, 6.45) is 9.44. The minimum absolute atomic E-state index is 0.0394. The standard InChI is InChI=1S/C26H29N3O3/c1-17(31)26(10-4-11-26)29-15-21(22-13-18-5-2-12-27-24(18)28-22)20-14-19(6-7-23(20)29)32-25(16-30)8-3-9-25/h2,5-7,12-15,17,30-31H,3-4,8-11,16H2,1H3,(H,27,28). The Hall–Kier alpha value is -2.83. The fourth-order valence-corrected chi connectivity index (χ4v) is 5.47. The quantitative estimate of drug-likeness (QED) is 0.412. The van der Waals surface area contributed by atoms with E-state index in [2.05, 4.69) is 45.0 Å². The number of aromatic nitrogens is 3. The molecular weight excluding hydrogens is 402 g/mol. The Bertz CT molecular complexity index is 1260. The van der Waals surface area contributed by atoms with Crippen LogP contribution in [0.3, 0.4) is 0 Å². The maximum atomic E-state index is 10.7. The Labute approximate surface area is 186 Å². The van der Waals surface area contributed by atoms with E-state index >= 15 is 0 Å². The first-order valence-corrected chi connectivity index (χ1v) is 11.6. The molecule has 3 heterocycles. The van der Waals surface area contributed by atoms with Crippen molar-refractivity contribution >= 4 is 21.9 Å². The highest BCUT2D eigenvalue weighted by Crippen LogP contribution is 2.47. The van der Waals surface area contributed by atoms with Crippen LogP contribution in [0.15, 0.2) is 48.8 Å². The van der Waals surface area contributed by atoms with Gasteiger partial charge in [0.2, 0.25) is 0 Å². The van der Waals surface area contributed by atoms with Crippen LogP contribution in [0.4, 0.5) is 0 Å². The molecule has 166 valence electrons. The van der Waals surface area contributed by atoms with E-state index in [4.69, 9.17) is 4.74 Å². The molecular formula is C26H29N3O3. The molecule has 6 nitrogen and oxygen atoms in total. The first-order valence-electron chi connectivity index (χ1n) is 11.6. The first kappa shape index (κ1) is 19.8. The zero-order valence-corrected chi connectivity index (χ0v) is 18.3. The van der Waals surface area contributed by atoms with Crippen molar-refractivity contribution in [2.24, 2.45) is 0 Å². The van der Waals surface area contributed by atoms with Crippen molar-refractivity contribution in [3.05, 3.63) is 48.8 Å². The van der Waals surface area contributed by atoms with Crippen LogP contribution in [0.5, 0.6) is 5.75 Å². The van der Waals surface area contributed by atoms with Gasteiger partial charge in [-0.05, 0) is 81.8 Å². The van der Waals surface area contributed by atoms with Crippen LogP contribution >= 0.6 is 0 Å². The van der Waals surface area contributed by atoms with Gasteiger partial charge in [-0.15, -0.1) is 0 Å². The SMILES string of the molecule is CC(O)C1(n2cc(-c3cc4cccnc4[nH]3)c3cc(OC4(CO)CCC4)ccc32)CCC1. The smallest absolute Gasteiger partial charge is 0.137 e. The number of nitrogens with zero attached hydrogens (tertiary/aromatic N) is 2. The summed E-state index contributed by atoms with van der Waals surface area (Å²) in [5.74, 6) is 0.777. The Kier molecular flexibility index (Phi) is 4.39. The van der Waals surface area contributed by atoms with Crippen molar-refractivity contribution in [3.63, 3.8) is 0 Å². The molecule has 2 aliphatic rings. The van der Waals surface area contributed by atoms with E-state index in [9.17, 15) is 10.2 Å². The molecule has 3 aromatic heterocycles. The second-order valence-electron chi connectivity index (χ2n) is 9.65. The normalized spacial score (nSPS) is 20.1. The molecule has 3 N–H and O–H groups in total. The van der Waals surface area contributed by atoms with Crippen molar-refractivity contribution in [1.82, 2.24) is 14.5 Å². The van der Waals surface area contributed by atoms with Crippen LogP contribution in [0.2, 0.25) is 0 Å². The molecule has 2 saturated carbocycles. The summed E-state index contributed by atoms with van der Waals surface area (Å²) >= 11 is 0. The molecule has 4 aromatic rings. The van der Waals surface area contributed by atoms with Gasteiger partial charge in [-0.3, -0.25) is 0 Å². The fraction of sp³-hybridized carbons (Fsp3) is 0.423. The molecule has 0 spiro atoms. The van der Waals surface area contributed by atoms with Crippen molar-refractivity contribution in [2.75, 3.05) is 6.61 Å². The number of rotatable bonds is 6. The van der Waals surface area contributed by atoms with E-state index in [1.165, 1.54) is 0 Å². The van der Waals surface area contributed by atoms with Crippen molar-refractivity contribution in [3.8, 4) is 17.0 Å². The number of aliphatic hydroxyl groups excluding tert-OH is 2. The van der Waals surface area contributed by atoms with E-state index in [-0.39, 0.29) is 12.1 Å². The summed E-state index contributed by atoms with van der Waals surface area (Å²) in [7, 11) is 0. The highest BCUT2D eigenvalue weighted by Gasteiger charge is 2.44. The van der Waals surface area contributed by atoms with E-state index in [1.54, 1.807) is 6.20 Å². The molecule has 1 unspecified atom stereocenters. The number of hydrogen-bond acceptors (Lipinski definition) is 4. The van der Waals surface area contributed by atoms with E-state index in [1.807, 2.05) is 19.1 Å². The van der Waals surface area contributed by atoms with Gasteiger partial charge >= 0.3 is 0 Å².